The Labute approximate surface area is 177 Å². The molecule has 0 unspecified atom stereocenters. The molecule has 0 atom stereocenters. The topological polar surface area (TPSA) is 87.2 Å². The number of carbonyl (C=O) groups excluding carboxylic acids is 1. The lowest BCUT2D eigenvalue weighted by atomic mass is 10.1. The van der Waals surface area contributed by atoms with Crippen molar-refractivity contribution in [2.24, 2.45) is 5.73 Å². The molecule has 0 spiro atoms. The SMILES string of the molecule is CCOC(=O)Cc1cccc(Cn2nc(C)ccc2=O)c1.Cc1cccc(CN)c1. The Hall–Kier alpha value is -3.25. The number of carbonyl (C=O) groups is 1. The Kier molecular flexibility index (Phi) is 8.97. The molecule has 2 aromatic carbocycles. The van der Waals surface area contributed by atoms with Crippen molar-refractivity contribution < 1.29 is 9.53 Å². The lowest BCUT2D eigenvalue weighted by molar-refractivity contribution is -0.142. The third-order valence-corrected chi connectivity index (χ3v) is 4.30. The Morgan fingerprint density at radius 2 is 1.70 bits per heavy atom. The quantitative estimate of drug-likeness (QED) is 0.634. The largest absolute Gasteiger partial charge is 0.466 e. The first-order valence-electron chi connectivity index (χ1n) is 9.95. The number of aromatic nitrogens is 2. The maximum absolute atomic E-state index is 11.7. The van der Waals surface area contributed by atoms with Gasteiger partial charge in [-0.05, 0) is 43.5 Å². The summed E-state index contributed by atoms with van der Waals surface area (Å²) in [7, 11) is 0. The fourth-order valence-electron chi connectivity index (χ4n) is 2.89. The maximum Gasteiger partial charge on any atom is 0.310 e. The highest BCUT2D eigenvalue weighted by atomic mass is 16.5. The van der Waals surface area contributed by atoms with Crippen LogP contribution in [0.3, 0.4) is 0 Å². The van der Waals surface area contributed by atoms with Gasteiger partial charge in [0.1, 0.15) is 0 Å². The smallest absolute Gasteiger partial charge is 0.310 e. The van der Waals surface area contributed by atoms with E-state index in [0.717, 1.165) is 16.8 Å². The number of hydrogen-bond acceptors (Lipinski definition) is 5. The lowest BCUT2D eigenvalue weighted by Gasteiger charge is -2.07. The second-order valence-electron chi connectivity index (χ2n) is 6.97. The van der Waals surface area contributed by atoms with Crippen LogP contribution in [0.2, 0.25) is 0 Å². The van der Waals surface area contributed by atoms with Crippen molar-refractivity contribution in [3.05, 3.63) is 99.0 Å². The molecule has 158 valence electrons. The van der Waals surface area contributed by atoms with Gasteiger partial charge in [-0.2, -0.15) is 5.10 Å². The molecule has 2 N–H and O–H groups in total. The van der Waals surface area contributed by atoms with E-state index in [9.17, 15) is 9.59 Å². The van der Waals surface area contributed by atoms with Crippen molar-refractivity contribution >= 4 is 5.97 Å². The van der Waals surface area contributed by atoms with Crippen LogP contribution < -0.4 is 11.3 Å². The molecule has 0 radical (unpaired) electrons. The van der Waals surface area contributed by atoms with Gasteiger partial charge in [0.25, 0.3) is 5.56 Å². The molecule has 0 saturated heterocycles. The molecule has 0 bridgehead atoms. The van der Waals surface area contributed by atoms with Crippen LogP contribution in [0.4, 0.5) is 0 Å². The summed E-state index contributed by atoms with van der Waals surface area (Å²) in [5, 5.41) is 4.20. The Bertz CT molecular complexity index is 1030. The first-order valence-corrected chi connectivity index (χ1v) is 9.95. The molecular formula is C24H29N3O3. The second-order valence-corrected chi connectivity index (χ2v) is 6.97. The molecule has 0 amide bonds. The molecule has 6 heteroatoms. The summed E-state index contributed by atoms with van der Waals surface area (Å²) in [5.74, 6) is -0.250. The first-order chi connectivity index (χ1) is 14.4. The van der Waals surface area contributed by atoms with Gasteiger partial charge in [0.2, 0.25) is 0 Å². The predicted octanol–water partition coefficient (Wildman–Crippen LogP) is 3.16. The molecule has 0 aliphatic rings. The standard InChI is InChI=1S/C16H18N2O3.C8H11N/c1-3-21-16(20)10-13-5-4-6-14(9-13)11-18-15(19)8-7-12(2)17-18;1-7-3-2-4-8(5-7)6-9/h4-9H,3,10-11H2,1-2H3;2-5H,6,9H2,1H3. The van der Waals surface area contributed by atoms with E-state index in [1.54, 1.807) is 13.0 Å². The van der Waals surface area contributed by atoms with Crippen molar-refractivity contribution in [2.75, 3.05) is 6.61 Å². The van der Waals surface area contributed by atoms with Crippen molar-refractivity contribution in [2.45, 2.75) is 40.3 Å². The summed E-state index contributed by atoms with van der Waals surface area (Å²) in [6.07, 6.45) is 0.234. The maximum atomic E-state index is 11.7. The molecule has 1 heterocycles. The van der Waals surface area contributed by atoms with E-state index in [0.29, 0.717) is 19.7 Å². The van der Waals surface area contributed by atoms with E-state index in [1.807, 2.05) is 43.3 Å². The van der Waals surface area contributed by atoms with Crippen LogP contribution in [0.5, 0.6) is 0 Å². The number of nitrogens with zero attached hydrogens (tertiary/aromatic N) is 2. The van der Waals surface area contributed by atoms with Crippen LogP contribution in [0.25, 0.3) is 0 Å². The van der Waals surface area contributed by atoms with Crippen LogP contribution in [0.1, 0.15) is 34.9 Å². The highest BCUT2D eigenvalue weighted by Crippen LogP contribution is 2.08. The summed E-state index contributed by atoms with van der Waals surface area (Å²) < 4.78 is 6.35. The fourth-order valence-corrected chi connectivity index (χ4v) is 2.89. The van der Waals surface area contributed by atoms with Gasteiger partial charge in [0.15, 0.2) is 0 Å². The molecule has 1 aromatic heterocycles. The zero-order chi connectivity index (χ0) is 21.9. The fraction of sp³-hybridized carbons (Fsp3) is 0.292. The van der Waals surface area contributed by atoms with Crippen LogP contribution in [0.15, 0.2) is 65.5 Å². The number of benzene rings is 2. The second kappa shape index (κ2) is 11.7. The van der Waals surface area contributed by atoms with E-state index in [4.69, 9.17) is 10.5 Å². The normalized spacial score (nSPS) is 10.1. The minimum atomic E-state index is -0.250. The van der Waals surface area contributed by atoms with Crippen LogP contribution in [-0.4, -0.2) is 22.4 Å². The average molecular weight is 408 g/mol. The van der Waals surface area contributed by atoms with Gasteiger partial charge < -0.3 is 10.5 Å². The van der Waals surface area contributed by atoms with Gasteiger partial charge in [-0.25, -0.2) is 4.68 Å². The van der Waals surface area contributed by atoms with Crippen LogP contribution in [-0.2, 0) is 29.0 Å². The monoisotopic (exact) mass is 407 g/mol. The van der Waals surface area contributed by atoms with E-state index in [1.165, 1.54) is 21.9 Å². The average Bonchev–Trinajstić information content (AvgIpc) is 2.71. The zero-order valence-electron chi connectivity index (χ0n) is 17.8. The summed E-state index contributed by atoms with van der Waals surface area (Å²) in [4.78, 5) is 23.2. The van der Waals surface area contributed by atoms with Gasteiger partial charge in [0, 0.05) is 12.6 Å². The lowest BCUT2D eigenvalue weighted by Crippen LogP contribution is -2.23. The molecule has 0 saturated carbocycles. The van der Waals surface area contributed by atoms with Crippen molar-refractivity contribution in [3.8, 4) is 0 Å². The van der Waals surface area contributed by atoms with Gasteiger partial charge in [-0.3, -0.25) is 9.59 Å². The number of aryl methyl sites for hydroxylation is 2. The third kappa shape index (κ3) is 7.64. The summed E-state index contributed by atoms with van der Waals surface area (Å²) in [6.45, 7) is 7.09. The van der Waals surface area contributed by atoms with Gasteiger partial charge in [0.05, 0.1) is 25.3 Å². The van der Waals surface area contributed by atoms with E-state index >= 15 is 0 Å². The van der Waals surface area contributed by atoms with E-state index in [2.05, 4.69) is 24.2 Å². The zero-order valence-corrected chi connectivity index (χ0v) is 17.8. The van der Waals surface area contributed by atoms with Crippen LogP contribution >= 0.6 is 0 Å². The molecule has 0 aliphatic heterocycles. The van der Waals surface area contributed by atoms with Gasteiger partial charge >= 0.3 is 5.97 Å². The van der Waals surface area contributed by atoms with E-state index in [-0.39, 0.29) is 17.9 Å². The Balaban J connectivity index is 0.000000297. The predicted molar refractivity (Wildman–Crippen MR) is 118 cm³/mol. The minimum absolute atomic E-state index is 0.142. The highest BCUT2D eigenvalue weighted by Gasteiger charge is 2.06. The molecule has 0 aliphatic carbocycles. The third-order valence-electron chi connectivity index (χ3n) is 4.30. The highest BCUT2D eigenvalue weighted by molar-refractivity contribution is 5.72. The van der Waals surface area contributed by atoms with Crippen LogP contribution in [0, 0.1) is 13.8 Å². The Morgan fingerprint density at radius 3 is 2.37 bits per heavy atom. The Morgan fingerprint density at radius 1 is 1.00 bits per heavy atom. The molecule has 3 rings (SSSR count). The minimum Gasteiger partial charge on any atom is -0.466 e. The van der Waals surface area contributed by atoms with Crippen molar-refractivity contribution in [1.29, 1.82) is 0 Å². The summed E-state index contributed by atoms with van der Waals surface area (Å²) >= 11 is 0. The number of hydrogen-bond donors (Lipinski definition) is 1. The number of rotatable bonds is 6. The number of ether oxygens (including phenoxy) is 1. The summed E-state index contributed by atoms with van der Waals surface area (Å²) in [5.41, 5.74) is 10.3. The van der Waals surface area contributed by atoms with E-state index < -0.39 is 0 Å². The van der Waals surface area contributed by atoms with Gasteiger partial charge in [-0.15, -0.1) is 0 Å². The number of esters is 1. The summed E-state index contributed by atoms with van der Waals surface area (Å²) in [6, 6.07) is 19.0. The molecule has 6 nitrogen and oxygen atoms in total. The van der Waals surface area contributed by atoms with Gasteiger partial charge in [-0.1, -0.05) is 54.1 Å². The van der Waals surface area contributed by atoms with Crippen molar-refractivity contribution in [1.82, 2.24) is 9.78 Å². The molecule has 3 aromatic rings. The number of nitrogens with two attached hydrogens (primary N) is 1. The molecule has 30 heavy (non-hydrogen) atoms. The van der Waals surface area contributed by atoms with Crippen molar-refractivity contribution in [3.63, 3.8) is 0 Å². The molecular weight excluding hydrogens is 378 g/mol. The first kappa shape index (κ1) is 23.0. The molecule has 0 fully saturated rings.